The van der Waals surface area contributed by atoms with Crippen LogP contribution in [0.25, 0.3) is 0 Å². The van der Waals surface area contributed by atoms with Crippen molar-refractivity contribution in [1.82, 2.24) is 9.78 Å². The first-order valence-electron chi connectivity index (χ1n) is 6.96. The van der Waals surface area contributed by atoms with E-state index < -0.39 is 16.9 Å². The minimum absolute atomic E-state index is 0.0187. The quantitative estimate of drug-likeness (QED) is 0.562. The molecule has 1 unspecified atom stereocenters. The van der Waals surface area contributed by atoms with Gasteiger partial charge in [0.15, 0.2) is 0 Å². The van der Waals surface area contributed by atoms with E-state index in [4.69, 9.17) is 5.11 Å². The molecule has 0 aliphatic rings. The number of rotatable bonds is 8. The molecule has 0 radical (unpaired) electrons. The molecule has 1 atom stereocenters. The first-order chi connectivity index (χ1) is 9.77. The molecule has 1 heterocycles. The van der Waals surface area contributed by atoms with E-state index in [9.17, 15) is 14.9 Å². The lowest BCUT2D eigenvalue weighted by atomic mass is 10.0. The highest BCUT2D eigenvalue weighted by Gasteiger charge is 2.29. The molecule has 2 N–H and O–H groups in total. The molecule has 0 aromatic carbocycles. The fourth-order valence-corrected chi connectivity index (χ4v) is 2.14. The van der Waals surface area contributed by atoms with Crippen LogP contribution in [0.5, 0.6) is 0 Å². The third kappa shape index (κ3) is 4.17. The maximum Gasteiger partial charge on any atom is 0.333 e. The summed E-state index contributed by atoms with van der Waals surface area (Å²) in [5.74, 6) is -0.659. The Morgan fingerprint density at radius 1 is 1.52 bits per heavy atom. The third-order valence-corrected chi connectivity index (χ3v) is 3.28. The summed E-state index contributed by atoms with van der Waals surface area (Å²) in [5, 5.41) is 27.4. The van der Waals surface area contributed by atoms with Crippen molar-refractivity contribution in [2.75, 3.05) is 5.32 Å². The van der Waals surface area contributed by atoms with Gasteiger partial charge in [-0.25, -0.2) is 4.68 Å². The number of nitrogens with zero attached hydrogens (tertiary/aromatic N) is 3. The largest absolute Gasteiger partial charge is 0.481 e. The number of hydrogen-bond acceptors (Lipinski definition) is 5. The van der Waals surface area contributed by atoms with E-state index in [0.29, 0.717) is 12.1 Å². The van der Waals surface area contributed by atoms with Gasteiger partial charge in [-0.2, -0.15) is 5.10 Å². The number of aliphatic carboxylic acids is 1. The predicted molar refractivity (Wildman–Crippen MR) is 78.4 cm³/mol. The van der Waals surface area contributed by atoms with Gasteiger partial charge < -0.3 is 10.4 Å². The Balaban J connectivity index is 3.16. The van der Waals surface area contributed by atoms with Crippen molar-refractivity contribution in [2.45, 2.75) is 46.1 Å². The molecule has 0 saturated heterocycles. The minimum atomic E-state index is -0.945. The zero-order chi connectivity index (χ0) is 16.2. The summed E-state index contributed by atoms with van der Waals surface area (Å²) in [6.07, 6.45) is 1.15. The summed E-state index contributed by atoms with van der Waals surface area (Å²) in [6.45, 7) is 5.67. The molecule has 8 heteroatoms. The van der Waals surface area contributed by atoms with Crippen LogP contribution in [0.1, 0.15) is 39.3 Å². The average Bonchev–Trinajstić information content (AvgIpc) is 2.64. The molecule has 1 aromatic rings. The lowest BCUT2D eigenvalue weighted by Gasteiger charge is -2.21. The lowest BCUT2D eigenvalue weighted by Crippen LogP contribution is -2.29. The van der Waals surface area contributed by atoms with Crippen molar-refractivity contribution in [3.63, 3.8) is 0 Å². The van der Waals surface area contributed by atoms with Gasteiger partial charge in [-0.1, -0.05) is 27.2 Å². The Morgan fingerprint density at radius 3 is 2.57 bits per heavy atom. The average molecular weight is 298 g/mol. The van der Waals surface area contributed by atoms with Crippen molar-refractivity contribution >= 4 is 17.5 Å². The van der Waals surface area contributed by atoms with Crippen LogP contribution >= 0.6 is 0 Å². The van der Waals surface area contributed by atoms with E-state index >= 15 is 0 Å². The van der Waals surface area contributed by atoms with Crippen LogP contribution in [-0.4, -0.2) is 31.8 Å². The SMILES string of the molecule is CCCc1nn(C)c(NC(CC(=O)O)C(C)C)c1[N+](=O)[O-]. The van der Waals surface area contributed by atoms with Gasteiger partial charge in [-0.15, -0.1) is 0 Å². The molecular weight excluding hydrogens is 276 g/mol. The monoisotopic (exact) mass is 298 g/mol. The molecule has 21 heavy (non-hydrogen) atoms. The number of anilines is 1. The van der Waals surface area contributed by atoms with Gasteiger partial charge in [0, 0.05) is 13.1 Å². The second-order valence-electron chi connectivity index (χ2n) is 5.37. The number of nitro groups is 1. The van der Waals surface area contributed by atoms with Crippen LogP contribution < -0.4 is 5.32 Å². The van der Waals surface area contributed by atoms with Crippen LogP contribution in [0.2, 0.25) is 0 Å². The number of nitrogens with one attached hydrogen (secondary N) is 1. The summed E-state index contributed by atoms with van der Waals surface area (Å²) in [5.41, 5.74) is 0.362. The fourth-order valence-electron chi connectivity index (χ4n) is 2.14. The topological polar surface area (TPSA) is 110 Å². The summed E-state index contributed by atoms with van der Waals surface area (Å²) >= 11 is 0. The molecule has 8 nitrogen and oxygen atoms in total. The number of carboxylic acids is 1. The first-order valence-corrected chi connectivity index (χ1v) is 6.96. The molecule has 0 aliphatic carbocycles. The van der Waals surface area contributed by atoms with Crippen LogP contribution in [0.15, 0.2) is 0 Å². The Bertz CT molecular complexity index is 524. The predicted octanol–water partition coefficient (Wildman–Crippen LogP) is 2.19. The molecule has 0 fully saturated rings. The van der Waals surface area contributed by atoms with Crippen LogP contribution in [-0.2, 0) is 18.3 Å². The van der Waals surface area contributed by atoms with E-state index in [-0.39, 0.29) is 23.8 Å². The second-order valence-corrected chi connectivity index (χ2v) is 5.37. The maximum absolute atomic E-state index is 11.3. The second kappa shape index (κ2) is 7.05. The molecule has 0 bridgehead atoms. The van der Waals surface area contributed by atoms with Gasteiger partial charge in [0.2, 0.25) is 5.82 Å². The molecule has 0 aliphatic heterocycles. The molecule has 118 valence electrons. The molecule has 0 spiro atoms. The Morgan fingerprint density at radius 2 is 2.14 bits per heavy atom. The van der Waals surface area contributed by atoms with E-state index in [2.05, 4.69) is 10.4 Å². The van der Waals surface area contributed by atoms with Crippen molar-refractivity contribution in [2.24, 2.45) is 13.0 Å². The first kappa shape index (κ1) is 16.9. The minimum Gasteiger partial charge on any atom is -0.481 e. The molecular formula is C13H22N4O4. The van der Waals surface area contributed by atoms with E-state index in [1.165, 1.54) is 4.68 Å². The van der Waals surface area contributed by atoms with Crippen molar-refractivity contribution < 1.29 is 14.8 Å². The van der Waals surface area contributed by atoms with Crippen molar-refractivity contribution in [1.29, 1.82) is 0 Å². The zero-order valence-corrected chi connectivity index (χ0v) is 12.8. The number of carboxylic acid groups (broad SMARTS) is 1. The highest BCUT2D eigenvalue weighted by molar-refractivity contribution is 5.69. The van der Waals surface area contributed by atoms with Gasteiger partial charge in [-0.3, -0.25) is 14.9 Å². The standard InChI is InChI=1S/C13H22N4O4/c1-5-6-9-12(17(20)21)13(16(4)15-9)14-10(8(2)3)7-11(18)19/h8,10,14H,5-7H2,1-4H3,(H,18,19). The molecule has 1 rings (SSSR count). The number of carbonyl (C=O) groups is 1. The fraction of sp³-hybridized carbons (Fsp3) is 0.692. The molecule has 0 saturated carbocycles. The summed E-state index contributed by atoms with van der Waals surface area (Å²) in [4.78, 5) is 21.8. The van der Waals surface area contributed by atoms with Crippen molar-refractivity contribution in [3.05, 3.63) is 15.8 Å². The number of aromatic nitrogens is 2. The van der Waals surface area contributed by atoms with Gasteiger partial charge in [0.1, 0.15) is 5.69 Å². The summed E-state index contributed by atoms with van der Waals surface area (Å²) in [7, 11) is 1.62. The van der Waals surface area contributed by atoms with Crippen LogP contribution in [0.3, 0.4) is 0 Å². The Kier molecular flexibility index (Phi) is 5.69. The third-order valence-electron chi connectivity index (χ3n) is 3.28. The Hall–Kier alpha value is -2.12. The van der Waals surface area contributed by atoms with Crippen molar-refractivity contribution in [3.8, 4) is 0 Å². The summed E-state index contributed by atoms with van der Waals surface area (Å²) in [6, 6.07) is -0.397. The highest BCUT2D eigenvalue weighted by atomic mass is 16.6. The van der Waals surface area contributed by atoms with Gasteiger partial charge in [0.25, 0.3) is 0 Å². The molecule has 1 aromatic heterocycles. The number of hydrogen-bond donors (Lipinski definition) is 2. The van der Waals surface area contributed by atoms with Gasteiger partial charge in [-0.05, 0) is 12.3 Å². The number of aryl methyl sites for hydroxylation is 2. The van der Waals surface area contributed by atoms with Gasteiger partial charge in [0.05, 0.1) is 11.3 Å². The highest BCUT2D eigenvalue weighted by Crippen LogP contribution is 2.30. The van der Waals surface area contributed by atoms with Crippen LogP contribution in [0, 0.1) is 16.0 Å². The van der Waals surface area contributed by atoms with Crippen LogP contribution in [0.4, 0.5) is 11.5 Å². The normalized spacial score (nSPS) is 12.4. The zero-order valence-electron chi connectivity index (χ0n) is 12.8. The Labute approximate surface area is 123 Å². The van der Waals surface area contributed by atoms with E-state index in [1.807, 2.05) is 20.8 Å². The van der Waals surface area contributed by atoms with E-state index in [0.717, 1.165) is 6.42 Å². The molecule has 0 amide bonds. The lowest BCUT2D eigenvalue weighted by molar-refractivity contribution is -0.384. The smallest absolute Gasteiger partial charge is 0.333 e. The van der Waals surface area contributed by atoms with Gasteiger partial charge >= 0.3 is 11.7 Å². The summed E-state index contributed by atoms with van der Waals surface area (Å²) < 4.78 is 1.42. The maximum atomic E-state index is 11.3. The van der Waals surface area contributed by atoms with E-state index in [1.54, 1.807) is 7.05 Å².